The Morgan fingerprint density at radius 1 is 0.839 bits per heavy atom. The van der Waals surface area contributed by atoms with Crippen molar-refractivity contribution in [3.8, 4) is 5.75 Å². The fraction of sp³-hybridized carbons (Fsp3) is 0.160. The van der Waals surface area contributed by atoms with Crippen molar-refractivity contribution < 1.29 is 23.9 Å². The first-order chi connectivity index (χ1) is 14.9. The Hall–Kier alpha value is -3.93. The molecular formula is C25H23NO5. The van der Waals surface area contributed by atoms with E-state index in [9.17, 15) is 14.4 Å². The van der Waals surface area contributed by atoms with Crippen LogP contribution >= 0.6 is 0 Å². The summed E-state index contributed by atoms with van der Waals surface area (Å²) in [5, 5.41) is 2.64. The molecule has 1 N–H and O–H groups in total. The first-order valence-corrected chi connectivity index (χ1v) is 9.71. The number of hydrogen-bond donors (Lipinski definition) is 1. The van der Waals surface area contributed by atoms with E-state index in [1.807, 2.05) is 26.0 Å². The van der Waals surface area contributed by atoms with Gasteiger partial charge in [-0.3, -0.25) is 9.59 Å². The molecule has 3 rings (SSSR count). The second-order valence-corrected chi connectivity index (χ2v) is 7.05. The van der Waals surface area contributed by atoms with Crippen LogP contribution < -0.4 is 10.1 Å². The van der Waals surface area contributed by atoms with Gasteiger partial charge in [0.2, 0.25) is 0 Å². The summed E-state index contributed by atoms with van der Waals surface area (Å²) in [6.07, 6.45) is 0. The van der Waals surface area contributed by atoms with E-state index in [0.717, 1.165) is 11.1 Å². The van der Waals surface area contributed by atoms with E-state index in [-0.39, 0.29) is 16.9 Å². The van der Waals surface area contributed by atoms with Crippen LogP contribution in [0.2, 0.25) is 0 Å². The minimum absolute atomic E-state index is 0.114. The second kappa shape index (κ2) is 9.71. The third kappa shape index (κ3) is 5.36. The van der Waals surface area contributed by atoms with Crippen molar-refractivity contribution in [2.24, 2.45) is 0 Å². The minimum atomic E-state index is -0.741. The normalized spacial score (nSPS) is 10.3. The molecule has 0 aromatic heterocycles. The van der Waals surface area contributed by atoms with E-state index < -0.39 is 18.5 Å². The third-order valence-corrected chi connectivity index (χ3v) is 4.72. The molecule has 0 atom stereocenters. The summed E-state index contributed by atoms with van der Waals surface area (Å²) in [7, 11) is 1.53. The molecule has 158 valence electrons. The van der Waals surface area contributed by atoms with E-state index in [0.29, 0.717) is 17.0 Å². The van der Waals surface area contributed by atoms with Crippen LogP contribution in [0.25, 0.3) is 0 Å². The van der Waals surface area contributed by atoms with Crippen LogP contribution in [-0.2, 0) is 9.53 Å². The van der Waals surface area contributed by atoms with E-state index in [1.54, 1.807) is 48.5 Å². The van der Waals surface area contributed by atoms with Gasteiger partial charge in [0, 0.05) is 22.9 Å². The second-order valence-electron chi connectivity index (χ2n) is 7.05. The van der Waals surface area contributed by atoms with Crippen molar-refractivity contribution >= 4 is 23.3 Å². The number of amides is 1. The number of carbonyl (C=O) groups excluding carboxylic acids is 3. The van der Waals surface area contributed by atoms with Crippen molar-refractivity contribution in [1.29, 1.82) is 0 Å². The van der Waals surface area contributed by atoms with Crippen LogP contribution in [0.3, 0.4) is 0 Å². The lowest BCUT2D eigenvalue weighted by molar-refractivity contribution is -0.119. The van der Waals surface area contributed by atoms with Crippen molar-refractivity contribution in [3.05, 3.63) is 94.5 Å². The summed E-state index contributed by atoms with van der Waals surface area (Å²) >= 11 is 0. The Kier molecular flexibility index (Phi) is 6.82. The molecule has 0 saturated carbocycles. The van der Waals surface area contributed by atoms with Gasteiger partial charge in [-0.2, -0.15) is 0 Å². The predicted molar refractivity (Wildman–Crippen MR) is 118 cm³/mol. The number of hydrogen-bond acceptors (Lipinski definition) is 5. The zero-order chi connectivity index (χ0) is 22.4. The number of benzene rings is 3. The molecule has 3 aromatic carbocycles. The Bertz CT molecular complexity index is 1140. The van der Waals surface area contributed by atoms with Crippen LogP contribution in [0.15, 0.2) is 66.7 Å². The first kappa shape index (κ1) is 21.8. The number of esters is 1. The van der Waals surface area contributed by atoms with Crippen molar-refractivity contribution in [3.63, 3.8) is 0 Å². The highest BCUT2D eigenvalue weighted by molar-refractivity contribution is 6.15. The maximum atomic E-state index is 13.1. The molecule has 1 amide bonds. The topological polar surface area (TPSA) is 81.7 Å². The van der Waals surface area contributed by atoms with Crippen LogP contribution in [0.1, 0.15) is 37.4 Å². The smallest absolute Gasteiger partial charge is 0.339 e. The number of anilines is 1. The van der Waals surface area contributed by atoms with Gasteiger partial charge in [0.05, 0.1) is 12.7 Å². The molecule has 0 aliphatic carbocycles. The number of carbonyl (C=O) groups is 3. The van der Waals surface area contributed by atoms with Gasteiger partial charge in [-0.25, -0.2) is 4.79 Å². The number of ether oxygens (including phenoxy) is 2. The zero-order valence-corrected chi connectivity index (χ0v) is 17.6. The number of methoxy groups -OCH3 is 1. The summed E-state index contributed by atoms with van der Waals surface area (Å²) in [6.45, 7) is 3.26. The molecule has 0 fully saturated rings. The lowest BCUT2D eigenvalue weighted by Gasteiger charge is -2.11. The molecule has 6 nitrogen and oxygen atoms in total. The molecule has 6 heteroatoms. The van der Waals surface area contributed by atoms with Crippen molar-refractivity contribution in [2.45, 2.75) is 13.8 Å². The highest BCUT2D eigenvalue weighted by Crippen LogP contribution is 2.20. The van der Waals surface area contributed by atoms with Crippen LogP contribution in [0.4, 0.5) is 5.69 Å². The zero-order valence-electron chi connectivity index (χ0n) is 17.6. The largest absolute Gasteiger partial charge is 0.497 e. The summed E-state index contributed by atoms with van der Waals surface area (Å²) < 4.78 is 10.3. The number of ketones is 1. The van der Waals surface area contributed by atoms with Gasteiger partial charge < -0.3 is 14.8 Å². The first-order valence-electron chi connectivity index (χ1n) is 9.71. The predicted octanol–water partition coefficient (Wildman–Crippen LogP) is 4.34. The molecule has 0 heterocycles. The monoisotopic (exact) mass is 417 g/mol. The molecule has 0 unspecified atom stereocenters. The lowest BCUT2D eigenvalue weighted by atomic mass is 9.94. The molecule has 0 aliphatic heterocycles. The third-order valence-electron chi connectivity index (χ3n) is 4.72. The lowest BCUT2D eigenvalue weighted by Crippen LogP contribution is -2.22. The SMILES string of the molecule is COc1cccc(NC(=O)COC(=O)c2ccccc2C(=O)c2cc(C)ccc2C)c1. The molecular weight excluding hydrogens is 394 g/mol. The molecule has 3 aromatic rings. The van der Waals surface area contributed by atoms with Gasteiger partial charge in [-0.05, 0) is 43.7 Å². The highest BCUT2D eigenvalue weighted by Gasteiger charge is 2.21. The molecule has 0 aliphatic rings. The quantitative estimate of drug-likeness (QED) is 0.457. The Morgan fingerprint density at radius 2 is 1.58 bits per heavy atom. The van der Waals surface area contributed by atoms with E-state index in [2.05, 4.69) is 5.32 Å². The van der Waals surface area contributed by atoms with Gasteiger partial charge >= 0.3 is 5.97 Å². The number of nitrogens with one attached hydrogen (secondary N) is 1. The van der Waals surface area contributed by atoms with Gasteiger partial charge in [0.15, 0.2) is 12.4 Å². The molecule has 31 heavy (non-hydrogen) atoms. The Labute approximate surface area is 180 Å². The maximum Gasteiger partial charge on any atom is 0.339 e. The van der Waals surface area contributed by atoms with Gasteiger partial charge in [0.25, 0.3) is 5.91 Å². The summed E-state index contributed by atoms with van der Waals surface area (Å²) in [4.78, 5) is 37.9. The van der Waals surface area contributed by atoms with Gasteiger partial charge in [-0.15, -0.1) is 0 Å². The fourth-order valence-corrected chi connectivity index (χ4v) is 3.09. The molecule has 0 saturated heterocycles. The van der Waals surface area contributed by atoms with Crippen molar-refractivity contribution in [1.82, 2.24) is 0 Å². The van der Waals surface area contributed by atoms with E-state index in [4.69, 9.17) is 9.47 Å². The van der Waals surface area contributed by atoms with Crippen molar-refractivity contribution in [2.75, 3.05) is 19.0 Å². The maximum absolute atomic E-state index is 13.1. The van der Waals surface area contributed by atoms with E-state index in [1.165, 1.54) is 13.2 Å². The van der Waals surface area contributed by atoms with Crippen LogP contribution in [0.5, 0.6) is 5.75 Å². The van der Waals surface area contributed by atoms with Crippen LogP contribution in [0, 0.1) is 13.8 Å². The Balaban J connectivity index is 1.72. The molecule has 0 bridgehead atoms. The van der Waals surface area contributed by atoms with E-state index >= 15 is 0 Å². The minimum Gasteiger partial charge on any atom is -0.497 e. The Morgan fingerprint density at radius 3 is 2.32 bits per heavy atom. The highest BCUT2D eigenvalue weighted by atomic mass is 16.5. The summed E-state index contributed by atoms with van der Waals surface area (Å²) in [5.41, 5.74) is 3.15. The van der Waals surface area contributed by atoms with Crippen LogP contribution in [-0.4, -0.2) is 31.4 Å². The summed E-state index contributed by atoms with van der Waals surface area (Å²) in [5.74, 6) is -0.918. The molecule has 0 spiro atoms. The molecule has 0 radical (unpaired) electrons. The average Bonchev–Trinajstić information content (AvgIpc) is 2.78. The average molecular weight is 417 g/mol. The standard InChI is InChI=1S/C25H23NO5/c1-16-11-12-17(2)22(13-16)24(28)20-9-4-5-10-21(20)25(29)31-15-23(27)26-18-7-6-8-19(14-18)30-3/h4-14H,15H2,1-3H3,(H,26,27). The fourth-order valence-electron chi connectivity index (χ4n) is 3.09. The number of rotatable bonds is 7. The number of aryl methyl sites for hydroxylation is 2. The summed E-state index contributed by atoms with van der Waals surface area (Å²) in [6, 6.07) is 18.8. The van der Waals surface area contributed by atoms with Gasteiger partial charge in [0.1, 0.15) is 5.75 Å². The van der Waals surface area contributed by atoms with Gasteiger partial charge in [-0.1, -0.05) is 42.0 Å².